The molecule has 17 aliphatic rings. The average Bonchev–Trinajstić information content (AvgIpc) is 1.67. The first kappa shape index (κ1) is 93.2. The number of nitrogens with one attached hydrogen (secondary N) is 6. The molecule has 16 atom stereocenters. The van der Waals surface area contributed by atoms with Gasteiger partial charge in [-0.3, -0.25) is 57.8 Å². The average molecular weight is 1720 g/mol. The largest absolute Gasteiger partial charge is 0.323 e. The molecule has 0 aromatic rings. The molecule has 17 heterocycles. The second-order valence-electron chi connectivity index (χ2n) is 36.7. The van der Waals surface area contributed by atoms with E-state index >= 15 is 0 Å². The van der Waals surface area contributed by atoms with Crippen molar-refractivity contribution < 1.29 is 86.6 Å². The molecule has 17 rings (SSSR count). The maximum atomic E-state index is 12.3. The van der Waals surface area contributed by atoms with Crippen molar-refractivity contribution in [1.29, 1.82) is 0 Å². The summed E-state index contributed by atoms with van der Waals surface area (Å²) in [5.74, 6) is -0.206. The van der Waals surface area contributed by atoms with Crippen LogP contribution in [0.1, 0.15) is 142 Å². The van der Waals surface area contributed by atoms with Gasteiger partial charge in [-0.1, -0.05) is 19.8 Å². The molecule has 6 N–H and O–H groups in total. The fourth-order valence-corrected chi connectivity index (χ4v) is 19.9. The Hall–Kier alpha value is -8.00. The zero-order valence-electron chi connectivity index (χ0n) is 74.1. The van der Waals surface area contributed by atoms with Crippen LogP contribution < -0.4 is 32.9 Å². The molecule has 17 aliphatic heterocycles. The highest BCUT2D eigenvalue weighted by Crippen LogP contribution is 2.35. The SMILES string of the molecule is CCCCCONC(=O)[C@@H]1CC[C@@H]2CN1C(=O)N2C.CN1CC(CONC(=O)[C@@H]2CC[C@@H]3CN2C(=O)N3C)C1.CN1CCCC(CONC(=O)[C@@H]2CC[C@@H]3CN2C(=O)N3C)C1.CN1CCC[C@@H]1CONC(=O)[C@@H]1CC[C@@H]2CN1C(=O)N2C.CN1CC[C@@H](ONC(=O)[C@@H]2CC[C@@H]3CN2C(=O)N3C)C1.CN1CC[C@H]1CONC(=O)[C@@H]1CC[C@@H]2CN1C(=O)N2C. The van der Waals surface area contributed by atoms with Crippen LogP contribution in [0, 0.1) is 11.8 Å². The van der Waals surface area contributed by atoms with Crippen LogP contribution in [0.3, 0.4) is 0 Å². The fourth-order valence-electron chi connectivity index (χ4n) is 19.9. The first-order valence-electron chi connectivity index (χ1n) is 44.7. The van der Waals surface area contributed by atoms with E-state index in [-0.39, 0.29) is 150 Å². The second kappa shape index (κ2) is 42.8. The van der Waals surface area contributed by atoms with Crippen LogP contribution in [-0.2, 0) is 57.8 Å². The Morgan fingerprint density at radius 3 is 0.910 bits per heavy atom. The lowest BCUT2D eigenvalue weighted by molar-refractivity contribution is -0.143. The van der Waals surface area contributed by atoms with Crippen LogP contribution >= 0.6 is 0 Å². The molecular weight excluding hydrogens is 1580 g/mol. The molecule has 0 aliphatic carbocycles. The van der Waals surface area contributed by atoms with Crippen molar-refractivity contribution in [2.45, 2.75) is 232 Å². The van der Waals surface area contributed by atoms with E-state index in [4.69, 9.17) is 29.0 Å². The van der Waals surface area contributed by atoms with Crippen molar-refractivity contribution in [3.05, 3.63) is 0 Å². The lowest BCUT2D eigenvalue weighted by Gasteiger charge is -2.37. The van der Waals surface area contributed by atoms with Crippen molar-refractivity contribution in [2.75, 3.05) is 202 Å². The first-order valence-corrected chi connectivity index (χ1v) is 44.7. The number of likely N-dealkylation sites (tertiary alicyclic amines) is 5. The molecule has 0 spiro atoms. The number of amides is 18. The molecule has 0 aromatic carbocycles. The highest BCUT2D eigenvalue weighted by molar-refractivity contribution is 5.92. The Bertz CT molecular complexity index is 3630. The Kier molecular flexibility index (Phi) is 32.7. The van der Waals surface area contributed by atoms with E-state index in [0.29, 0.717) is 135 Å². The van der Waals surface area contributed by atoms with Gasteiger partial charge < -0.3 is 83.3 Å². The summed E-state index contributed by atoms with van der Waals surface area (Å²) in [5, 5.41) is 0. The zero-order valence-corrected chi connectivity index (χ0v) is 74.1. The third-order valence-electron chi connectivity index (χ3n) is 28.3. The highest BCUT2D eigenvalue weighted by Gasteiger charge is 2.52. The van der Waals surface area contributed by atoms with Crippen LogP contribution in [0.4, 0.5) is 28.8 Å². The third kappa shape index (κ3) is 22.4. The van der Waals surface area contributed by atoms with E-state index in [0.717, 1.165) is 136 Å². The summed E-state index contributed by atoms with van der Waals surface area (Å²) in [7, 11) is 21.1. The Morgan fingerprint density at radius 2 is 0.607 bits per heavy atom. The minimum atomic E-state index is -0.389. The number of hydrogen-bond acceptors (Lipinski definition) is 23. The summed E-state index contributed by atoms with van der Waals surface area (Å²) in [4.78, 5) is 209. The maximum absolute atomic E-state index is 12.3. The highest BCUT2D eigenvalue weighted by atomic mass is 16.7. The quantitative estimate of drug-likeness (QED) is 0.0525. The van der Waals surface area contributed by atoms with Gasteiger partial charge in [0.2, 0.25) is 0 Å². The molecule has 17 fully saturated rings. The third-order valence-corrected chi connectivity index (χ3v) is 28.3. The van der Waals surface area contributed by atoms with Crippen molar-refractivity contribution >= 4 is 71.6 Å². The number of hydroxylamine groups is 6. The molecule has 0 saturated carbocycles. The van der Waals surface area contributed by atoms with Gasteiger partial charge in [0.25, 0.3) is 35.4 Å². The summed E-state index contributed by atoms with van der Waals surface area (Å²) in [6.07, 6.45) is 19.4. The van der Waals surface area contributed by atoms with Gasteiger partial charge in [-0.15, -0.1) is 0 Å². The van der Waals surface area contributed by atoms with E-state index in [2.05, 4.69) is 85.4 Å². The number of urea groups is 6. The van der Waals surface area contributed by atoms with Crippen molar-refractivity contribution in [3.8, 4) is 0 Å². The van der Waals surface area contributed by atoms with E-state index in [1.54, 1.807) is 94.0 Å². The predicted octanol–water partition coefficient (Wildman–Crippen LogP) is 0.192. The number of rotatable bonds is 25. The minimum absolute atomic E-state index is 0.0449. The molecule has 17 saturated heterocycles. The van der Waals surface area contributed by atoms with Gasteiger partial charge in [-0.25, -0.2) is 61.6 Å². The fraction of sp³-hybridized carbons (Fsp3) is 0.852. The molecule has 122 heavy (non-hydrogen) atoms. The topological polar surface area (TPSA) is 387 Å². The molecule has 12 bridgehead atoms. The predicted molar refractivity (Wildman–Crippen MR) is 443 cm³/mol. The maximum Gasteiger partial charge on any atom is 0.320 e. The first-order chi connectivity index (χ1) is 58.5. The second-order valence-corrected chi connectivity index (χ2v) is 36.7. The summed E-state index contributed by atoms with van der Waals surface area (Å²) in [6.45, 7) is 16.8. The van der Waals surface area contributed by atoms with E-state index < -0.39 is 0 Å². The summed E-state index contributed by atoms with van der Waals surface area (Å²) >= 11 is 0. The number of carbonyl (C=O) groups excluding carboxylic acids is 12. The number of unbranched alkanes of at least 4 members (excludes halogenated alkanes) is 2. The van der Waals surface area contributed by atoms with Gasteiger partial charge in [-0.2, -0.15) is 0 Å². The molecule has 0 aromatic heterocycles. The molecular formula is C81H139N23O18. The number of nitrogens with zero attached hydrogens (tertiary/aromatic N) is 17. The molecule has 686 valence electrons. The molecule has 0 radical (unpaired) electrons. The van der Waals surface area contributed by atoms with Gasteiger partial charge in [-0.05, 0) is 183 Å². The number of fused-ring (bicyclic) bond motifs is 12. The van der Waals surface area contributed by atoms with Crippen LogP contribution in [0.25, 0.3) is 0 Å². The number of carbonyl (C=O) groups is 12. The number of piperidine rings is 7. The van der Waals surface area contributed by atoms with Crippen LogP contribution in [0.15, 0.2) is 0 Å². The van der Waals surface area contributed by atoms with Crippen molar-refractivity contribution in [1.82, 2.24) is 116 Å². The summed E-state index contributed by atoms with van der Waals surface area (Å²) in [6, 6.07) is -0.254. The van der Waals surface area contributed by atoms with E-state index in [1.165, 1.54) is 12.8 Å². The minimum Gasteiger partial charge on any atom is -0.323 e. The lowest BCUT2D eigenvalue weighted by Crippen LogP contribution is -2.52. The Morgan fingerprint density at radius 1 is 0.295 bits per heavy atom. The molecule has 41 heteroatoms. The van der Waals surface area contributed by atoms with Gasteiger partial charge in [0, 0.05) is 132 Å². The van der Waals surface area contributed by atoms with Gasteiger partial charge in [0.15, 0.2) is 0 Å². The Balaban J connectivity index is 0.000000134. The normalized spacial score (nSPS) is 31.6. The van der Waals surface area contributed by atoms with Gasteiger partial charge in [0.05, 0.1) is 75.4 Å². The summed E-state index contributed by atoms with van der Waals surface area (Å²) < 4.78 is 0. The monoisotopic (exact) mass is 1720 g/mol. The van der Waals surface area contributed by atoms with E-state index in [9.17, 15) is 57.5 Å². The zero-order chi connectivity index (χ0) is 87.3. The van der Waals surface area contributed by atoms with Crippen LogP contribution in [0.2, 0.25) is 0 Å². The van der Waals surface area contributed by atoms with Crippen molar-refractivity contribution in [3.63, 3.8) is 0 Å². The van der Waals surface area contributed by atoms with Crippen LogP contribution in [0.5, 0.6) is 0 Å². The Labute approximate surface area is 717 Å². The number of likely N-dealkylation sites (N-methyl/N-ethyl adjacent to an activating group) is 9. The lowest BCUT2D eigenvalue weighted by atomic mass is 10.00. The molecule has 1 unspecified atom stereocenters. The summed E-state index contributed by atoms with van der Waals surface area (Å²) in [5.41, 5.74) is 15.2. The van der Waals surface area contributed by atoms with Crippen molar-refractivity contribution in [2.24, 2.45) is 11.8 Å². The number of hydrogen-bond donors (Lipinski definition) is 6. The standard InChI is InChI=1S/C15H26N4O3.C14H24N4O3.3C13H22N4O3.C13H23N3O3/c1-17-7-3-4-11(8-17)10-22-16-14(20)13-6-5-12-9-19(13)15(21)18(12)2;1-16-7-3-4-11(16)9-21-15-13(19)12-6-5-10-8-18(12)14(20)17(10)2;1-15-5-9(6-15)8-20-14-12(18)11-4-3-10-7-17(11)13(19)16(10)2;1-15-6-5-10(15)8-20-14-12(18)11-4-3-9-7-17(11)13(19)16(9)2;1-15-6-5-10(8-15)20-14-12(18)11-4-3-9-7-17(11)13(19)16(9)2;1-3-4-5-8-19-14-12(17)11-7-6-10-9-16(11)13(18)15(10)2/h11-13H,3-10H2,1-2H3,(H,16,20);10-12H,3-9H2,1-2H3,(H,15,19);3*9-11H,3-8H2,1-2H3,(H,14,18);10-11H,3-9H2,1-2H3,(H,14,17)/t11?,12-,13+;10-,11-,12+;10-,11+;9-,10+,11+;9-,10-,11+;10-,11+/m111111/s1. The van der Waals surface area contributed by atoms with Gasteiger partial charge >= 0.3 is 36.2 Å². The smallest absolute Gasteiger partial charge is 0.320 e. The van der Waals surface area contributed by atoms with Gasteiger partial charge in [0.1, 0.15) is 36.3 Å². The van der Waals surface area contributed by atoms with Crippen LogP contribution in [-0.4, -0.2) is 448 Å². The van der Waals surface area contributed by atoms with E-state index in [1.807, 2.05) is 21.1 Å². The molecule has 41 nitrogen and oxygen atoms in total. The molecule has 18 amide bonds.